The van der Waals surface area contributed by atoms with Gasteiger partial charge in [0, 0.05) is 24.7 Å². The Hall–Kier alpha value is -1.04. The van der Waals surface area contributed by atoms with Crippen LogP contribution in [0.25, 0.3) is 0 Å². The minimum Gasteiger partial charge on any atom is -0.395 e. The molecule has 1 atom stereocenters. The Kier molecular flexibility index (Phi) is 7.65. The van der Waals surface area contributed by atoms with Crippen molar-refractivity contribution < 1.29 is 13.9 Å². The summed E-state index contributed by atoms with van der Waals surface area (Å²) >= 11 is 0. The number of aliphatic hydroxyl groups is 1. The monoisotopic (exact) mass is 286 g/mol. The zero-order valence-corrected chi connectivity index (χ0v) is 12.2. The number of hydrogen-bond acceptors (Lipinski definition) is 3. The molecule has 0 heterocycles. The Labute approximate surface area is 119 Å². The third-order valence-corrected chi connectivity index (χ3v) is 3.40. The van der Waals surface area contributed by atoms with E-state index >= 15 is 0 Å². The van der Waals surface area contributed by atoms with Gasteiger partial charge >= 0.3 is 0 Å². The van der Waals surface area contributed by atoms with Gasteiger partial charge in [-0.25, -0.2) is 8.78 Å². The van der Waals surface area contributed by atoms with Gasteiger partial charge in [0.25, 0.3) is 0 Å². The minimum absolute atomic E-state index is 0.105. The fourth-order valence-electron chi connectivity index (χ4n) is 2.28. The lowest BCUT2D eigenvalue weighted by molar-refractivity contribution is 0.195. The van der Waals surface area contributed by atoms with Gasteiger partial charge in [0.1, 0.15) is 0 Å². The molecule has 0 saturated carbocycles. The lowest BCUT2D eigenvalue weighted by Crippen LogP contribution is -2.32. The fraction of sp³-hybridized carbons (Fsp3) is 0.600. The van der Waals surface area contributed by atoms with Crippen molar-refractivity contribution in [2.45, 2.75) is 26.3 Å². The van der Waals surface area contributed by atoms with Crippen molar-refractivity contribution in [1.82, 2.24) is 10.2 Å². The molecular weight excluding hydrogens is 262 g/mol. The second-order valence-electron chi connectivity index (χ2n) is 4.70. The summed E-state index contributed by atoms with van der Waals surface area (Å²) in [6, 6.07) is 4.06. The Bertz CT molecular complexity index is 401. The van der Waals surface area contributed by atoms with Gasteiger partial charge in [-0.15, -0.1) is 0 Å². The number of nitrogens with one attached hydrogen (secondary N) is 1. The van der Waals surface area contributed by atoms with E-state index in [4.69, 9.17) is 5.11 Å². The van der Waals surface area contributed by atoms with E-state index in [-0.39, 0.29) is 12.6 Å². The molecule has 0 aliphatic carbocycles. The predicted octanol–water partition coefficient (Wildman–Crippen LogP) is 2.32. The van der Waals surface area contributed by atoms with Gasteiger partial charge in [-0.2, -0.15) is 0 Å². The highest BCUT2D eigenvalue weighted by Gasteiger charge is 2.18. The van der Waals surface area contributed by atoms with E-state index in [9.17, 15) is 8.78 Å². The van der Waals surface area contributed by atoms with Crippen LogP contribution in [0.2, 0.25) is 0 Å². The Morgan fingerprint density at radius 2 is 2.00 bits per heavy atom. The van der Waals surface area contributed by atoms with Gasteiger partial charge in [-0.1, -0.05) is 26.0 Å². The lowest BCUT2D eigenvalue weighted by Gasteiger charge is -2.24. The maximum Gasteiger partial charge on any atom is 0.163 e. The van der Waals surface area contributed by atoms with E-state index in [1.165, 1.54) is 6.07 Å². The average Bonchev–Trinajstić information content (AvgIpc) is 2.45. The van der Waals surface area contributed by atoms with Gasteiger partial charge in [0.15, 0.2) is 11.6 Å². The molecule has 1 aromatic rings. The van der Waals surface area contributed by atoms with Gasteiger partial charge in [-0.3, -0.25) is 0 Å². The van der Waals surface area contributed by atoms with Crippen molar-refractivity contribution in [1.29, 1.82) is 0 Å². The number of hydrogen-bond donors (Lipinski definition) is 2. The number of nitrogens with zero attached hydrogens (tertiary/aromatic N) is 1. The van der Waals surface area contributed by atoms with Crippen molar-refractivity contribution in [3.8, 4) is 0 Å². The smallest absolute Gasteiger partial charge is 0.163 e. The van der Waals surface area contributed by atoms with Crippen LogP contribution in [0.15, 0.2) is 18.2 Å². The van der Waals surface area contributed by atoms with Crippen molar-refractivity contribution in [3.05, 3.63) is 35.4 Å². The first-order valence-corrected chi connectivity index (χ1v) is 7.14. The molecule has 2 N–H and O–H groups in total. The van der Waals surface area contributed by atoms with E-state index < -0.39 is 11.6 Å². The van der Waals surface area contributed by atoms with Gasteiger partial charge in [-0.05, 0) is 25.6 Å². The van der Waals surface area contributed by atoms with E-state index in [0.717, 1.165) is 19.2 Å². The Balaban J connectivity index is 2.75. The Morgan fingerprint density at radius 3 is 2.60 bits per heavy atom. The van der Waals surface area contributed by atoms with Crippen LogP contribution >= 0.6 is 0 Å². The van der Waals surface area contributed by atoms with E-state index in [0.29, 0.717) is 25.1 Å². The van der Waals surface area contributed by atoms with Crippen LogP contribution in [0.1, 0.15) is 31.9 Å². The highest BCUT2D eigenvalue weighted by Crippen LogP contribution is 2.22. The topological polar surface area (TPSA) is 35.5 Å². The van der Waals surface area contributed by atoms with Gasteiger partial charge in [0.05, 0.1) is 6.61 Å². The number of aliphatic hydroxyl groups excluding tert-OH is 1. The number of halogens is 2. The van der Waals surface area contributed by atoms with Crippen molar-refractivity contribution in [3.63, 3.8) is 0 Å². The minimum atomic E-state index is -0.812. The maximum absolute atomic E-state index is 13.9. The summed E-state index contributed by atoms with van der Waals surface area (Å²) in [5.41, 5.74) is 0.368. The number of likely N-dealkylation sites (N-methyl/N-ethyl adjacent to an activating group) is 1. The second kappa shape index (κ2) is 9.00. The van der Waals surface area contributed by atoms with Crippen LogP contribution in [0.4, 0.5) is 8.78 Å². The summed E-state index contributed by atoms with van der Waals surface area (Å²) in [7, 11) is 0. The first-order chi connectivity index (χ1) is 9.63. The Morgan fingerprint density at radius 1 is 1.25 bits per heavy atom. The highest BCUT2D eigenvalue weighted by molar-refractivity contribution is 5.22. The van der Waals surface area contributed by atoms with Crippen LogP contribution in [0.5, 0.6) is 0 Å². The van der Waals surface area contributed by atoms with Crippen LogP contribution in [0, 0.1) is 11.6 Å². The summed E-state index contributed by atoms with van der Waals surface area (Å²) < 4.78 is 27.2. The molecule has 20 heavy (non-hydrogen) atoms. The van der Waals surface area contributed by atoms with E-state index in [2.05, 4.69) is 10.2 Å². The van der Waals surface area contributed by atoms with E-state index in [1.807, 2.05) is 13.8 Å². The standard InChI is InChI=1S/C15H24F2N2O/c1-3-18-14(8-9-19(4-2)10-11-20)12-6-5-7-13(16)15(12)17/h5-7,14,18,20H,3-4,8-11H2,1-2H3. The molecule has 1 rings (SSSR count). The van der Waals surface area contributed by atoms with E-state index in [1.54, 1.807) is 6.07 Å². The summed E-state index contributed by atoms with van der Waals surface area (Å²) in [5.74, 6) is -1.59. The second-order valence-corrected chi connectivity index (χ2v) is 4.70. The summed E-state index contributed by atoms with van der Waals surface area (Å²) in [4.78, 5) is 2.08. The molecule has 0 spiro atoms. The molecule has 0 amide bonds. The normalized spacial score (nSPS) is 12.9. The number of rotatable bonds is 9. The molecule has 114 valence electrons. The highest BCUT2D eigenvalue weighted by atomic mass is 19.2. The zero-order chi connectivity index (χ0) is 15.0. The van der Waals surface area contributed by atoms with Crippen molar-refractivity contribution in [2.24, 2.45) is 0 Å². The third kappa shape index (κ3) is 4.81. The van der Waals surface area contributed by atoms with Crippen molar-refractivity contribution in [2.75, 3.05) is 32.8 Å². The molecule has 1 unspecified atom stereocenters. The molecule has 1 aromatic carbocycles. The SMILES string of the molecule is CCNC(CCN(CC)CCO)c1cccc(F)c1F. The number of benzene rings is 1. The predicted molar refractivity (Wildman–Crippen MR) is 76.6 cm³/mol. The summed E-state index contributed by atoms with van der Waals surface area (Å²) in [5, 5.41) is 12.2. The van der Waals surface area contributed by atoms with Gasteiger partial charge < -0.3 is 15.3 Å². The third-order valence-electron chi connectivity index (χ3n) is 3.40. The molecule has 0 aromatic heterocycles. The van der Waals surface area contributed by atoms with Crippen molar-refractivity contribution >= 4 is 0 Å². The molecule has 0 fully saturated rings. The quantitative estimate of drug-likeness (QED) is 0.731. The van der Waals surface area contributed by atoms with Crippen LogP contribution in [-0.2, 0) is 0 Å². The lowest BCUT2D eigenvalue weighted by atomic mass is 10.0. The van der Waals surface area contributed by atoms with Crippen LogP contribution < -0.4 is 5.32 Å². The zero-order valence-electron chi connectivity index (χ0n) is 12.2. The average molecular weight is 286 g/mol. The largest absolute Gasteiger partial charge is 0.395 e. The molecule has 0 bridgehead atoms. The molecule has 0 radical (unpaired) electrons. The molecule has 3 nitrogen and oxygen atoms in total. The van der Waals surface area contributed by atoms with Crippen LogP contribution in [-0.4, -0.2) is 42.8 Å². The molecule has 0 aliphatic rings. The first kappa shape index (κ1) is 17.0. The molecule has 0 saturated heterocycles. The molecule has 5 heteroatoms. The fourth-order valence-corrected chi connectivity index (χ4v) is 2.28. The van der Waals surface area contributed by atoms with Gasteiger partial charge in [0.2, 0.25) is 0 Å². The summed E-state index contributed by atoms with van der Waals surface area (Å²) in [6.45, 7) is 6.90. The molecule has 0 aliphatic heterocycles. The first-order valence-electron chi connectivity index (χ1n) is 7.14. The van der Waals surface area contributed by atoms with Crippen LogP contribution in [0.3, 0.4) is 0 Å². The molecular formula is C15H24F2N2O. The maximum atomic E-state index is 13.9. The summed E-state index contributed by atoms with van der Waals surface area (Å²) in [6.07, 6.45) is 0.669.